The summed E-state index contributed by atoms with van der Waals surface area (Å²) in [6.07, 6.45) is 0. The van der Waals surface area contributed by atoms with Gasteiger partial charge in [-0.15, -0.1) is 0 Å². The van der Waals surface area contributed by atoms with Crippen LogP contribution >= 0.6 is 11.6 Å². The first kappa shape index (κ1) is 9.46. The molecule has 0 fully saturated rings. The standard InChI is InChI=1S/C9H13ClN2/c1-6-5-7(9(2,3)4)12-8(10)11-6/h5H,1-4H3. The highest BCUT2D eigenvalue weighted by molar-refractivity contribution is 6.28. The highest BCUT2D eigenvalue weighted by Crippen LogP contribution is 2.21. The lowest BCUT2D eigenvalue weighted by molar-refractivity contribution is 0.566. The van der Waals surface area contributed by atoms with Crippen molar-refractivity contribution in [3.8, 4) is 0 Å². The summed E-state index contributed by atoms with van der Waals surface area (Å²) in [5.74, 6) is 0. The van der Waals surface area contributed by atoms with Gasteiger partial charge in [0.2, 0.25) is 5.28 Å². The third-order valence-electron chi connectivity index (χ3n) is 1.60. The molecule has 0 amide bonds. The van der Waals surface area contributed by atoms with Crippen molar-refractivity contribution < 1.29 is 0 Å². The molecule has 1 heterocycles. The molecule has 0 aliphatic heterocycles. The zero-order valence-electron chi connectivity index (χ0n) is 7.85. The van der Waals surface area contributed by atoms with Crippen LogP contribution in [0.25, 0.3) is 0 Å². The molecule has 0 atom stereocenters. The van der Waals surface area contributed by atoms with E-state index in [1.54, 1.807) is 0 Å². The molecular weight excluding hydrogens is 172 g/mol. The average Bonchev–Trinajstić information content (AvgIpc) is 1.82. The normalized spacial score (nSPS) is 11.8. The second kappa shape index (κ2) is 3.02. The smallest absolute Gasteiger partial charge is 0.222 e. The molecule has 0 unspecified atom stereocenters. The van der Waals surface area contributed by atoms with Crippen molar-refractivity contribution in [3.05, 3.63) is 22.7 Å². The van der Waals surface area contributed by atoms with E-state index in [2.05, 4.69) is 30.7 Å². The van der Waals surface area contributed by atoms with E-state index in [0.29, 0.717) is 5.28 Å². The van der Waals surface area contributed by atoms with Crippen molar-refractivity contribution in [2.45, 2.75) is 33.1 Å². The van der Waals surface area contributed by atoms with Crippen LogP contribution in [0.4, 0.5) is 0 Å². The van der Waals surface area contributed by atoms with Gasteiger partial charge in [-0.25, -0.2) is 9.97 Å². The average molecular weight is 185 g/mol. The zero-order valence-corrected chi connectivity index (χ0v) is 8.61. The van der Waals surface area contributed by atoms with Gasteiger partial charge in [-0.2, -0.15) is 0 Å². The van der Waals surface area contributed by atoms with Gasteiger partial charge in [0, 0.05) is 11.1 Å². The quantitative estimate of drug-likeness (QED) is 0.580. The van der Waals surface area contributed by atoms with E-state index >= 15 is 0 Å². The molecule has 1 aromatic rings. The number of aromatic nitrogens is 2. The summed E-state index contributed by atoms with van der Waals surface area (Å²) in [6.45, 7) is 8.23. The fourth-order valence-electron chi connectivity index (χ4n) is 0.917. The number of hydrogen-bond donors (Lipinski definition) is 0. The van der Waals surface area contributed by atoms with E-state index in [9.17, 15) is 0 Å². The van der Waals surface area contributed by atoms with E-state index in [-0.39, 0.29) is 5.41 Å². The maximum Gasteiger partial charge on any atom is 0.222 e. The lowest BCUT2D eigenvalue weighted by Gasteiger charge is -2.17. The summed E-state index contributed by atoms with van der Waals surface area (Å²) in [5, 5.41) is 0.333. The van der Waals surface area contributed by atoms with Crippen LogP contribution in [-0.4, -0.2) is 9.97 Å². The first-order valence-corrected chi connectivity index (χ1v) is 4.29. The Bertz CT molecular complexity index is 269. The maximum atomic E-state index is 5.73. The molecule has 66 valence electrons. The van der Waals surface area contributed by atoms with Crippen LogP contribution in [-0.2, 0) is 5.41 Å². The van der Waals surface area contributed by atoms with E-state index in [4.69, 9.17) is 11.6 Å². The zero-order chi connectivity index (χ0) is 9.35. The highest BCUT2D eigenvalue weighted by Gasteiger charge is 2.16. The monoisotopic (exact) mass is 184 g/mol. The Morgan fingerprint density at radius 1 is 1.25 bits per heavy atom. The lowest BCUT2D eigenvalue weighted by Crippen LogP contribution is -2.14. The van der Waals surface area contributed by atoms with Gasteiger partial charge in [-0.05, 0) is 24.6 Å². The first-order chi connectivity index (χ1) is 5.39. The van der Waals surface area contributed by atoms with Crippen molar-refractivity contribution in [1.29, 1.82) is 0 Å². The number of rotatable bonds is 0. The number of hydrogen-bond acceptors (Lipinski definition) is 2. The van der Waals surface area contributed by atoms with Crippen LogP contribution in [0.15, 0.2) is 6.07 Å². The molecule has 0 saturated heterocycles. The molecule has 12 heavy (non-hydrogen) atoms. The second-order valence-corrected chi connectivity index (χ2v) is 4.25. The van der Waals surface area contributed by atoms with Crippen LogP contribution in [0, 0.1) is 6.92 Å². The van der Waals surface area contributed by atoms with Crippen molar-refractivity contribution in [1.82, 2.24) is 9.97 Å². The second-order valence-electron chi connectivity index (χ2n) is 3.91. The van der Waals surface area contributed by atoms with Gasteiger partial charge in [-0.3, -0.25) is 0 Å². The van der Waals surface area contributed by atoms with Crippen molar-refractivity contribution in [2.75, 3.05) is 0 Å². The number of halogens is 1. The minimum Gasteiger partial charge on any atom is -0.223 e. The Labute approximate surface area is 78.0 Å². The topological polar surface area (TPSA) is 25.8 Å². The molecule has 1 rings (SSSR count). The van der Waals surface area contributed by atoms with Gasteiger partial charge in [0.1, 0.15) is 0 Å². The molecule has 0 aliphatic carbocycles. The summed E-state index contributed by atoms with van der Waals surface area (Å²) in [4.78, 5) is 8.16. The van der Waals surface area contributed by atoms with Gasteiger partial charge in [0.15, 0.2) is 0 Å². The summed E-state index contributed by atoms with van der Waals surface area (Å²) in [7, 11) is 0. The number of nitrogens with zero attached hydrogens (tertiary/aromatic N) is 2. The predicted octanol–water partition coefficient (Wildman–Crippen LogP) is 2.74. The predicted molar refractivity (Wildman–Crippen MR) is 50.5 cm³/mol. The van der Waals surface area contributed by atoms with Gasteiger partial charge < -0.3 is 0 Å². The van der Waals surface area contributed by atoms with E-state index in [1.165, 1.54) is 0 Å². The first-order valence-electron chi connectivity index (χ1n) is 3.91. The maximum absolute atomic E-state index is 5.73. The molecule has 3 heteroatoms. The molecule has 0 saturated carbocycles. The third-order valence-corrected chi connectivity index (χ3v) is 1.76. The Morgan fingerprint density at radius 2 is 1.83 bits per heavy atom. The van der Waals surface area contributed by atoms with Crippen molar-refractivity contribution in [2.24, 2.45) is 0 Å². The third kappa shape index (κ3) is 2.18. The molecule has 0 N–H and O–H groups in total. The molecule has 1 aromatic heterocycles. The van der Waals surface area contributed by atoms with Crippen LogP contribution < -0.4 is 0 Å². The Morgan fingerprint density at radius 3 is 2.25 bits per heavy atom. The molecular formula is C9H13ClN2. The van der Waals surface area contributed by atoms with Crippen LogP contribution in [0.2, 0.25) is 5.28 Å². The minimum atomic E-state index is 0.0390. The fraction of sp³-hybridized carbons (Fsp3) is 0.556. The summed E-state index contributed by atoms with van der Waals surface area (Å²) >= 11 is 5.73. The summed E-state index contributed by atoms with van der Waals surface area (Å²) in [5.41, 5.74) is 1.94. The largest absolute Gasteiger partial charge is 0.223 e. The molecule has 2 nitrogen and oxygen atoms in total. The molecule has 0 aromatic carbocycles. The van der Waals surface area contributed by atoms with Crippen molar-refractivity contribution >= 4 is 11.6 Å². The lowest BCUT2D eigenvalue weighted by atomic mass is 9.92. The Hall–Kier alpha value is -0.630. The molecule has 0 radical (unpaired) electrons. The van der Waals surface area contributed by atoms with Gasteiger partial charge in [0.05, 0.1) is 5.69 Å². The van der Waals surface area contributed by atoms with Crippen LogP contribution in [0.1, 0.15) is 32.2 Å². The van der Waals surface area contributed by atoms with Crippen molar-refractivity contribution in [3.63, 3.8) is 0 Å². The minimum absolute atomic E-state index is 0.0390. The molecule has 0 spiro atoms. The summed E-state index contributed by atoms with van der Waals surface area (Å²) < 4.78 is 0. The number of aryl methyl sites for hydroxylation is 1. The fourth-order valence-corrected chi connectivity index (χ4v) is 1.14. The van der Waals surface area contributed by atoms with Crippen LogP contribution in [0.5, 0.6) is 0 Å². The van der Waals surface area contributed by atoms with E-state index < -0.39 is 0 Å². The SMILES string of the molecule is Cc1cc(C(C)(C)C)nc(Cl)n1. The van der Waals surface area contributed by atoms with Crippen LogP contribution in [0.3, 0.4) is 0 Å². The van der Waals surface area contributed by atoms with E-state index in [1.807, 2.05) is 13.0 Å². The Balaban J connectivity index is 3.18. The van der Waals surface area contributed by atoms with Gasteiger partial charge in [-0.1, -0.05) is 20.8 Å². The van der Waals surface area contributed by atoms with Gasteiger partial charge in [0.25, 0.3) is 0 Å². The van der Waals surface area contributed by atoms with E-state index in [0.717, 1.165) is 11.4 Å². The molecule has 0 aliphatic rings. The Kier molecular flexibility index (Phi) is 2.38. The highest BCUT2D eigenvalue weighted by atomic mass is 35.5. The summed E-state index contributed by atoms with van der Waals surface area (Å²) in [6, 6.07) is 1.96. The molecule has 0 bridgehead atoms. The van der Waals surface area contributed by atoms with Gasteiger partial charge >= 0.3 is 0 Å².